The minimum atomic E-state index is -0.487. The zero-order valence-corrected chi connectivity index (χ0v) is 34.0. The molecule has 15 nitrogen and oxygen atoms in total. The van der Waals surface area contributed by atoms with E-state index in [4.69, 9.17) is 33.5 Å². The maximum Gasteiger partial charge on any atom is 0.330 e. The topological polar surface area (TPSA) is 185 Å². The summed E-state index contributed by atoms with van der Waals surface area (Å²) in [6, 6.07) is 0. The number of rotatable bonds is 39. The van der Waals surface area contributed by atoms with E-state index in [0.29, 0.717) is 77.7 Å². The molecule has 0 unspecified atom stereocenters. The molecule has 0 aliphatic heterocycles. The van der Waals surface area contributed by atoms with E-state index in [1.165, 1.54) is 0 Å². The summed E-state index contributed by atoms with van der Waals surface area (Å²) in [5, 5.41) is 9.08. The number of aliphatic hydroxyl groups is 1. The molecule has 15 heteroatoms. The third-order valence-electron chi connectivity index (χ3n) is 8.48. The van der Waals surface area contributed by atoms with Crippen LogP contribution in [0.5, 0.6) is 0 Å². The predicted octanol–water partition coefficient (Wildman–Crippen LogP) is 4.87. The predicted molar refractivity (Wildman–Crippen MR) is 210 cm³/mol. The second-order valence-electron chi connectivity index (χ2n) is 13.3. The molecule has 322 valence electrons. The second kappa shape index (κ2) is 38.1. The van der Waals surface area contributed by atoms with E-state index in [0.717, 1.165) is 57.2 Å². The van der Waals surface area contributed by atoms with Crippen LogP contribution in [-0.4, -0.2) is 136 Å². The highest BCUT2D eigenvalue weighted by Crippen LogP contribution is 2.07. The van der Waals surface area contributed by atoms with Gasteiger partial charge in [-0.15, -0.1) is 0 Å². The minimum absolute atomic E-state index is 0.116. The number of nitrogens with zero attached hydrogens (tertiary/aromatic N) is 2. The van der Waals surface area contributed by atoms with Crippen LogP contribution in [0.4, 0.5) is 0 Å². The van der Waals surface area contributed by atoms with Gasteiger partial charge in [0.2, 0.25) is 0 Å². The Labute approximate surface area is 334 Å². The zero-order valence-electron chi connectivity index (χ0n) is 34.0. The van der Waals surface area contributed by atoms with Crippen LogP contribution in [0.3, 0.4) is 0 Å². The van der Waals surface area contributed by atoms with Gasteiger partial charge in [0, 0.05) is 44.9 Å². The van der Waals surface area contributed by atoms with Crippen molar-refractivity contribution in [3.8, 4) is 0 Å². The summed E-state index contributed by atoms with van der Waals surface area (Å²) in [6.07, 6.45) is 13.0. The fourth-order valence-electron chi connectivity index (χ4n) is 5.16. The number of ether oxygens (including phenoxy) is 6. The van der Waals surface area contributed by atoms with Crippen LogP contribution in [0.1, 0.15) is 116 Å². The molecular formula is C41H70N2O13. The Morgan fingerprint density at radius 1 is 0.429 bits per heavy atom. The number of hydrogen-bond acceptors (Lipinski definition) is 15. The van der Waals surface area contributed by atoms with Crippen LogP contribution in [0.2, 0.25) is 0 Å². The Balaban J connectivity index is 4.35. The molecule has 0 amide bonds. The molecule has 1 N–H and O–H groups in total. The summed E-state index contributed by atoms with van der Waals surface area (Å²) >= 11 is 0. The normalized spacial score (nSPS) is 10.9. The van der Waals surface area contributed by atoms with E-state index >= 15 is 0 Å². The molecule has 0 heterocycles. The van der Waals surface area contributed by atoms with Crippen molar-refractivity contribution in [3.05, 3.63) is 25.3 Å². The number of carbonyl (C=O) groups is 6. The number of unbranched alkanes of at least 4 members (excludes halogenated alkanes) is 8. The lowest BCUT2D eigenvalue weighted by atomic mass is 10.2. The maximum atomic E-state index is 12.4. The Morgan fingerprint density at radius 3 is 1.02 bits per heavy atom. The molecule has 0 aromatic heterocycles. The summed E-state index contributed by atoms with van der Waals surface area (Å²) in [6.45, 7) is 13.6. The van der Waals surface area contributed by atoms with Gasteiger partial charge in [0.05, 0.1) is 65.3 Å². The van der Waals surface area contributed by atoms with Crippen molar-refractivity contribution in [1.82, 2.24) is 9.80 Å². The molecule has 0 atom stereocenters. The molecular weight excluding hydrogens is 728 g/mol. The van der Waals surface area contributed by atoms with Crippen LogP contribution < -0.4 is 0 Å². The first-order valence-corrected chi connectivity index (χ1v) is 20.4. The SMILES string of the molecule is C=CC(=O)OCCCCOC(=O)CCN(CCCCCC)CCC(=O)OCCCCOC(=O)CCN(CCCCCO)CCC(=O)OCCCCOC(=O)C=C. The van der Waals surface area contributed by atoms with E-state index in [9.17, 15) is 28.8 Å². The van der Waals surface area contributed by atoms with E-state index in [2.05, 4.69) is 25.0 Å². The van der Waals surface area contributed by atoms with Crippen molar-refractivity contribution in [2.24, 2.45) is 0 Å². The van der Waals surface area contributed by atoms with Gasteiger partial charge in [0.15, 0.2) is 0 Å². The lowest BCUT2D eigenvalue weighted by Crippen LogP contribution is -2.31. The molecule has 0 radical (unpaired) electrons. The van der Waals surface area contributed by atoms with Gasteiger partial charge >= 0.3 is 35.8 Å². The largest absolute Gasteiger partial charge is 0.466 e. The van der Waals surface area contributed by atoms with Gasteiger partial charge in [-0.3, -0.25) is 19.2 Å². The Morgan fingerprint density at radius 2 is 0.732 bits per heavy atom. The van der Waals surface area contributed by atoms with E-state index in [-0.39, 0.29) is 95.8 Å². The molecule has 0 fully saturated rings. The van der Waals surface area contributed by atoms with Crippen molar-refractivity contribution >= 4 is 35.8 Å². The van der Waals surface area contributed by atoms with Gasteiger partial charge in [-0.1, -0.05) is 39.3 Å². The number of carbonyl (C=O) groups excluding carboxylic acids is 6. The molecule has 0 bridgehead atoms. The third kappa shape index (κ3) is 34.7. The monoisotopic (exact) mass is 798 g/mol. The highest BCUT2D eigenvalue weighted by Gasteiger charge is 2.14. The standard InChI is InChI=1S/C41H70N2O13/c1-4-7-8-10-23-42(25-19-38(47)53-32-15-13-30-51-36(45)5-2)26-20-39(48)55-34-17-18-35-56-41(50)22-28-43(24-11-9-12-29-44)27-21-40(49)54-33-16-14-31-52-37(46)6-3/h5-6,44H,2-4,7-35H2,1H3. The smallest absolute Gasteiger partial charge is 0.330 e. The van der Waals surface area contributed by atoms with E-state index in [1.54, 1.807) is 0 Å². The number of hydrogen-bond donors (Lipinski definition) is 1. The maximum absolute atomic E-state index is 12.4. The van der Waals surface area contributed by atoms with Crippen LogP contribution in [0.25, 0.3) is 0 Å². The molecule has 0 rings (SSSR count). The molecule has 0 aromatic rings. The minimum Gasteiger partial charge on any atom is -0.466 e. The lowest BCUT2D eigenvalue weighted by Gasteiger charge is -2.21. The fraction of sp³-hybridized carbons (Fsp3) is 0.756. The fourth-order valence-corrected chi connectivity index (χ4v) is 5.16. The third-order valence-corrected chi connectivity index (χ3v) is 8.48. The first-order valence-electron chi connectivity index (χ1n) is 20.4. The van der Waals surface area contributed by atoms with Crippen molar-refractivity contribution < 1.29 is 62.3 Å². The molecule has 0 spiro atoms. The van der Waals surface area contributed by atoms with Crippen LogP contribution in [-0.2, 0) is 57.2 Å². The highest BCUT2D eigenvalue weighted by molar-refractivity contribution is 5.81. The van der Waals surface area contributed by atoms with E-state index < -0.39 is 11.9 Å². The van der Waals surface area contributed by atoms with Crippen molar-refractivity contribution in [2.45, 2.75) is 116 Å². The Hall–Kier alpha value is -3.82. The lowest BCUT2D eigenvalue weighted by molar-refractivity contribution is -0.147. The second-order valence-corrected chi connectivity index (χ2v) is 13.3. The zero-order chi connectivity index (χ0) is 41.5. The highest BCUT2D eigenvalue weighted by atomic mass is 16.6. The van der Waals surface area contributed by atoms with E-state index in [1.807, 2.05) is 4.90 Å². The quantitative estimate of drug-likeness (QED) is 0.0384. The summed E-state index contributed by atoms with van der Waals surface area (Å²) in [5.74, 6) is -2.29. The van der Waals surface area contributed by atoms with Gasteiger partial charge in [-0.2, -0.15) is 0 Å². The average Bonchev–Trinajstić information content (AvgIpc) is 3.19. The van der Waals surface area contributed by atoms with Crippen molar-refractivity contribution in [2.75, 3.05) is 85.5 Å². The summed E-state index contributed by atoms with van der Waals surface area (Å²) in [5.41, 5.74) is 0. The molecule has 0 aromatic carbocycles. The summed E-state index contributed by atoms with van der Waals surface area (Å²) < 4.78 is 31.1. The first-order chi connectivity index (χ1) is 27.1. The summed E-state index contributed by atoms with van der Waals surface area (Å²) in [4.78, 5) is 75.6. The van der Waals surface area contributed by atoms with Gasteiger partial charge in [-0.05, 0) is 77.3 Å². The van der Waals surface area contributed by atoms with Gasteiger partial charge in [-0.25, -0.2) is 9.59 Å². The average molecular weight is 799 g/mol. The molecule has 56 heavy (non-hydrogen) atoms. The van der Waals surface area contributed by atoms with Crippen molar-refractivity contribution in [3.63, 3.8) is 0 Å². The van der Waals surface area contributed by atoms with Gasteiger partial charge in [0.1, 0.15) is 0 Å². The first kappa shape index (κ1) is 52.2. The van der Waals surface area contributed by atoms with Crippen LogP contribution in [0.15, 0.2) is 25.3 Å². The Bertz CT molecular complexity index is 1020. The van der Waals surface area contributed by atoms with Crippen molar-refractivity contribution in [1.29, 1.82) is 0 Å². The van der Waals surface area contributed by atoms with Crippen LogP contribution >= 0.6 is 0 Å². The molecule has 0 saturated carbocycles. The number of esters is 6. The number of aliphatic hydroxyl groups excluding tert-OH is 1. The molecule has 0 aliphatic carbocycles. The molecule has 0 aliphatic rings. The van der Waals surface area contributed by atoms with Gasteiger partial charge in [0.25, 0.3) is 0 Å². The van der Waals surface area contributed by atoms with Crippen LogP contribution in [0, 0.1) is 0 Å². The summed E-state index contributed by atoms with van der Waals surface area (Å²) in [7, 11) is 0. The Kier molecular flexibility index (Phi) is 35.5. The molecule has 0 saturated heterocycles. The van der Waals surface area contributed by atoms with Gasteiger partial charge < -0.3 is 43.3 Å².